The number of para-hydroxylation sites is 1. The third-order valence-corrected chi connectivity index (χ3v) is 5.27. The van der Waals surface area contributed by atoms with Gasteiger partial charge in [0.05, 0.1) is 12.6 Å². The number of benzene rings is 1. The number of rotatable bonds is 14. The van der Waals surface area contributed by atoms with Crippen LogP contribution in [0, 0.1) is 0 Å². The summed E-state index contributed by atoms with van der Waals surface area (Å²) >= 11 is 0. The molecule has 1 aromatic carbocycles. The number of carboxylic acid groups (broad SMARTS) is 1. The van der Waals surface area contributed by atoms with E-state index in [1.54, 1.807) is 6.20 Å². The SMILES string of the molecule is NCCCCC(N)C(=O)NC(Cc1c[nH]c2ccccc12)C(=O)NC(CO)C(=O)NCC(=O)O. The van der Waals surface area contributed by atoms with Crippen LogP contribution in [0.1, 0.15) is 24.8 Å². The zero-order valence-electron chi connectivity index (χ0n) is 18.8. The van der Waals surface area contributed by atoms with Gasteiger partial charge in [0, 0.05) is 23.5 Å². The first kappa shape index (κ1) is 26.8. The van der Waals surface area contributed by atoms with E-state index in [-0.39, 0.29) is 6.42 Å². The lowest BCUT2D eigenvalue weighted by atomic mass is 10.0. The minimum absolute atomic E-state index is 0.0893. The fourth-order valence-electron chi connectivity index (χ4n) is 3.40. The molecule has 3 amide bonds. The standard InChI is InChI=1S/C22H32N6O6/c23-8-4-3-6-15(24)20(32)27-17(9-13-10-25-16-7-2-1-5-14(13)16)22(34)28-18(12-29)21(33)26-11-19(30)31/h1-2,5,7,10,15,17-18,25,29H,3-4,6,8-9,11-12,23-24H2,(H,26,33)(H,27,32)(H,28,34)(H,30,31). The molecule has 3 unspecified atom stereocenters. The van der Waals surface area contributed by atoms with Gasteiger partial charge in [-0.2, -0.15) is 0 Å². The summed E-state index contributed by atoms with van der Waals surface area (Å²) in [5.41, 5.74) is 13.0. The molecular weight excluding hydrogens is 444 g/mol. The molecule has 34 heavy (non-hydrogen) atoms. The molecule has 0 fully saturated rings. The fourth-order valence-corrected chi connectivity index (χ4v) is 3.40. The van der Waals surface area contributed by atoms with E-state index in [1.807, 2.05) is 24.3 Å². The largest absolute Gasteiger partial charge is 0.480 e. The molecule has 0 radical (unpaired) electrons. The smallest absolute Gasteiger partial charge is 0.322 e. The van der Waals surface area contributed by atoms with E-state index >= 15 is 0 Å². The van der Waals surface area contributed by atoms with Crippen LogP contribution in [0.2, 0.25) is 0 Å². The fraction of sp³-hybridized carbons (Fsp3) is 0.455. The predicted octanol–water partition coefficient (Wildman–Crippen LogP) is -1.67. The Kier molecular flexibility index (Phi) is 10.5. The van der Waals surface area contributed by atoms with E-state index < -0.39 is 55.0 Å². The second kappa shape index (κ2) is 13.3. The van der Waals surface area contributed by atoms with Crippen LogP contribution in [0.25, 0.3) is 10.9 Å². The topological polar surface area (TPSA) is 213 Å². The van der Waals surface area contributed by atoms with Crippen LogP contribution in [-0.4, -0.2) is 76.7 Å². The van der Waals surface area contributed by atoms with Crippen molar-refractivity contribution in [2.24, 2.45) is 11.5 Å². The van der Waals surface area contributed by atoms with Crippen molar-refractivity contribution in [3.05, 3.63) is 36.0 Å². The number of H-pyrrole nitrogens is 1. The van der Waals surface area contributed by atoms with Gasteiger partial charge in [0.15, 0.2) is 0 Å². The lowest BCUT2D eigenvalue weighted by Gasteiger charge is -2.23. The second-order valence-electron chi connectivity index (χ2n) is 7.87. The van der Waals surface area contributed by atoms with Crippen LogP contribution in [-0.2, 0) is 25.6 Å². The Morgan fingerprint density at radius 2 is 1.71 bits per heavy atom. The van der Waals surface area contributed by atoms with Crippen LogP contribution in [0.15, 0.2) is 30.5 Å². The summed E-state index contributed by atoms with van der Waals surface area (Å²) in [5.74, 6) is -3.40. The molecule has 0 saturated heterocycles. The van der Waals surface area contributed by atoms with Crippen LogP contribution >= 0.6 is 0 Å². The van der Waals surface area contributed by atoms with Crippen molar-refractivity contribution in [3.63, 3.8) is 0 Å². The van der Waals surface area contributed by atoms with E-state index in [2.05, 4.69) is 20.9 Å². The summed E-state index contributed by atoms with van der Waals surface area (Å²) in [4.78, 5) is 51.6. The number of nitrogens with two attached hydrogens (primary N) is 2. The summed E-state index contributed by atoms with van der Waals surface area (Å²) < 4.78 is 0. The maximum atomic E-state index is 13.0. The zero-order chi connectivity index (χ0) is 25.1. The Balaban J connectivity index is 2.17. The number of carboxylic acids is 1. The van der Waals surface area contributed by atoms with Gasteiger partial charge < -0.3 is 42.6 Å². The van der Waals surface area contributed by atoms with Gasteiger partial charge in [-0.25, -0.2) is 0 Å². The third-order valence-electron chi connectivity index (χ3n) is 5.27. The summed E-state index contributed by atoms with van der Waals surface area (Å²) in [7, 11) is 0. The van der Waals surface area contributed by atoms with Crippen molar-refractivity contribution in [1.82, 2.24) is 20.9 Å². The molecular formula is C22H32N6O6. The van der Waals surface area contributed by atoms with E-state index in [9.17, 15) is 24.3 Å². The molecule has 0 aliphatic carbocycles. The zero-order valence-corrected chi connectivity index (χ0v) is 18.8. The second-order valence-corrected chi connectivity index (χ2v) is 7.87. The van der Waals surface area contributed by atoms with Crippen molar-refractivity contribution in [2.75, 3.05) is 19.7 Å². The van der Waals surface area contributed by atoms with Gasteiger partial charge >= 0.3 is 5.97 Å². The molecule has 186 valence electrons. The Morgan fingerprint density at radius 3 is 2.38 bits per heavy atom. The van der Waals surface area contributed by atoms with Gasteiger partial charge in [-0.3, -0.25) is 19.2 Å². The average Bonchev–Trinajstić information content (AvgIpc) is 3.23. The highest BCUT2D eigenvalue weighted by molar-refractivity contribution is 5.94. The molecule has 0 aliphatic rings. The van der Waals surface area contributed by atoms with Crippen LogP contribution < -0.4 is 27.4 Å². The highest BCUT2D eigenvalue weighted by Crippen LogP contribution is 2.19. The van der Waals surface area contributed by atoms with Gasteiger partial charge in [0.2, 0.25) is 17.7 Å². The van der Waals surface area contributed by atoms with Crippen LogP contribution in [0.5, 0.6) is 0 Å². The van der Waals surface area contributed by atoms with Gasteiger partial charge in [0.1, 0.15) is 18.6 Å². The molecule has 3 atom stereocenters. The van der Waals surface area contributed by atoms with Gasteiger partial charge in [0.25, 0.3) is 0 Å². The Bertz CT molecular complexity index is 993. The maximum Gasteiger partial charge on any atom is 0.322 e. The maximum absolute atomic E-state index is 13.0. The highest BCUT2D eigenvalue weighted by atomic mass is 16.4. The first-order valence-corrected chi connectivity index (χ1v) is 11.0. The van der Waals surface area contributed by atoms with Gasteiger partial charge in [-0.05, 0) is 31.0 Å². The number of nitrogens with one attached hydrogen (secondary N) is 4. The first-order valence-electron chi connectivity index (χ1n) is 11.0. The molecule has 0 aliphatic heterocycles. The number of aliphatic carboxylic acids is 1. The number of unbranched alkanes of at least 4 members (excludes halogenated alkanes) is 1. The van der Waals surface area contributed by atoms with Crippen molar-refractivity contribution in [2.45, 2.75) is 43.8 Å². The molecule has 1 aromatic heterocycles. The lowest BCUT2D eigenvalue weighted by Crippen LogP contribution is -2.57. The quantitative estimate of drug-likeness (QED) is 0.147. The van der Waals surface area contributed by atoms with Crippen molar-refractivity contribution < 1.29 is 29.4 Å². The summed E-state index contributed by atoms with van der Waals surface area (Å²) in [6, 6.07) is 4.09. The minimum atomic E-state index is -1.40. The number of hydrogen-bond acceptors (Lipinski definition) is 7. The summed E-state index contributed by atoms with van der Waals surface area (Å²) in [5, 5.41) is 26.2. The normalized spacial score (nSPS) is 13.6. The molecule has 12 heteroatoms. The number of fused-ring (bicyclic) bond motifs is 1. The number of aromatic amines is 1. The highest BCUT2D eigenvalue weighted by Gasteiger charge is 2.28. The molecule has 0 spiro atoms. The Morgan fingerprint density at radius 1 is 1.00 bits per heavy atom. The first-order chi connectivity index (χ1) is 16.3. The average molecular weight is 477 g/mol. The minimum Gasteiger partial charge on any atom is -0.480 e. The number of amides is 3. The Hall–Kier alpha value is -3.48. The Labute approximate surface area is 196 Å². The van der Waals surface area contributed by atoms with Crippen molar-refractivity contribution >= 4 is 34.6 Å². The predicted molar refractivity (Wildman–Crippen MR) is 124 cm³/mol. The van der Waals surface area contributed by atoms with E-state index in [4.69, 9.17) is 16.6 Å². The molecule has 0 saturated carbocycles. The van der Waals surface area contributed by atoms with E-state index in [1.165, 1.54) is 0 Å². The molecule has 0 bridgehead atoms. The van der Waals surface area contributed by atoms with E-state index in [0.717, 1.165) is 16.5 Å². The number of aromatic nitrogens is 1. The molecule has 1 heterocycles. The number of carbonyl (C=O) groups is 4. The summed E-state index contributed by atoms with van der Waals surface area (Å²) in [6.45, 7) is -0.950. The number of aliphatic hydroxyl groups is 1. The molecule has 10 N–H and O–H groups in total. The number of carbonyl (C=O) groups excluding carboxylic acids is 3. The van der Waals surface area contributed by atoms with Crippen molar-refractivity contribution in [1.29, 1.82) is 0 Å². The third kappa shape index (κ3) is 7.83. The molecule has 2 rings (SSSR count). The van der Waals surface area contributed by atoms with Crippen molar-refractivity contribution in [3.8, 4) is 0 Å². The van der Waals surface area contributed by atoms with Crippen LogP contribution in [0.4, 0.5) is 0 Å². The lowest BCUT2D eigenvalue weighted by molar-refractivity contribution is -0.139. The number of aliphatic hydroxyl groups excluding tert-OH is 1. The number of hydrogen-bond donors (Lipinski definition) is 8. The monoisotopic (exact) mass is 476 g/mol. The molecule has 2 aromatic rings. The van der Waals surface area contributed by atoms with Gasteiger partial charge in [-0.15, -0.1) is 0 Å². The van der Waals surface area contributed by atoms with E-state index in [0.29, 0.717) is 25.8 Å². The summed E-state index contributed by atoms with van der Waals surface area (Å²) in [6.07, 6.45) is 3.57. The molecule has 12 nitrogen and oxygen atoms in total. The van der Waals surface area contributed by atoms with Gasteiger partial charge in [-0.1, -0.05) is 24.6 Å². The van der Waals surface area contributed by atoms with Crippen LogP contribution in [0.3, 0.4) is 0 Å².